The number of hydrogen-bond acceptors (Lipinski definition) is 6. The molecule has 0 heterocycles. The van der Waals surface area contributed by atoms with Gasteiger partial charge in [-0.05, 0) is 12.8 Å². The van der Waals surface area contributed by atoms with Gasteiger partial charge in [-0.25, -0.2) is 11.6 Å². The molecule has 0 aliphatic heterocycles. The molecule has 25 heavy (non-hydrogen) atoms. The molecular formula is C15H24BN3O5S. The molecule has 0 aliphatic rings. The molecular weight excluding hydrogens is 345 g/mol. The van der Waals surface area contributed by atoms with Gasteiger partial charge in [0, 0.05) is 44.5 Å². The molecule has 3 amide bonds. The number of amides is 3. The fourth-order valence-electron chi connectivity index (χ4n) is 1.84. The molecule has 0 rings (SSSR count). The fraction of sp³-hybridized carbons (Fsp3) is 0.667. The van der Waals surface area contributed by atoms with Crippen molar-refractivity contribution in [1.82, 2.24) is 16.0 Å². The van der Waals surface area contributed by atoms with E-state index in [2.05, 4.69) is 16.0 Å². The number of carbonyl (C=O) groups excluding carboxylic acids is 5. The van der Waals surface area contributed by atoms with E-state index in [4.69, 9.17) is 7.12 Å². The van der Waals surface area contributed by atoms with Gasteiger partial charge in [-0.2, -0.15) is 0 Å². The first-order chi connectivity index (χ1) is 12.0. The van der Waals surface area contributed by atoms with Gasteiger partial charge < -0.3 is 25.5 Å². The molecule has 138 valence electrons. The lowest BCUT2D eigenvalue weighted by Gasteiger charge is -2.18. The molecule has 0 spiro atoms. The van der Waals surface area contributed by atoms with Crippen LogP contribution < -0.4 is 16.0 Å². The van der Waals surface area contributed by atoms with E-state index in [1.165, 1.54) is 0 Å². The highest BCUT2D eigenvalue weighted by atomic mass is 32.2. The molecule has 3 N–H and O–H groups in total. The topological polar surface area (TPSA) is 121 Å². The third kappa shape index (κ3) is 13.2. The summed E-state index contributed by atoms with van der Waals surface area (Å²) >= 11 is 0.934. The zero-order valence-corrected chi connectivity index (χ0v) is 14.9. The maximum Gasteiger partial charge on any atom is 0.243 e. The van der Waals surface area contributed by atoms with Crippen LogP contribution in [0.15, 0.2) is 0 Å². The first kappa shape index (κ1) is 23.2. The molecule has 0 aromatic rings. The fourth-order valence-corrected chi connectivity index (χ4v) is 2.26. The van der Waals surface area contributed by atoms with Gasteiger partial charge in [0.15, 0.2) is 7.12 Å². The maximum absolute atomic E-state index is 12.1. The molecule has 2 radical (unpaired) electrons. The van der Waals surface area contributed by atoms with Gasteiger partial charge in [-0.3, -0.25) is 14.4 Å². The second-order valence-corrected chi connectivity index (χ2v) is 5.88. The Balaban J connectivity index is 4.06. The second kappa shape index (κ2) is 15.7. The zero-order chi connectivity index (χ0) is 18.9. The molecule has 0 aliphatic carbocycles. The van der Waals surface area contributed by atoms with Crippen molar-refractivity contribution in [2.45, 2.75) is 44.6 Å². The minimum atomic E-state index is -0.776. The highest BCUT2D eigenvalue weighted by molar-refractivity contribution is 8.19. The van der Waals surface area contributed by atoms with Crippen molar-refractivity contribution in [1.29, 1.82) is 0 Å². The van der Waals surface area contributed by atoms with E-state index in [0.29, 0.717) is 25.7 Å². The van der Waals surface area contributed by atoms with Crippen LogP contribution in [-0.4, -0.2) is 62.3 Å². The highest BCUT2D eigenvalue weighted by Gasteiger charge is 2.19. The first-order valence-corrected chi connectivity index (χ1v) is 9.12. The smallest absolute Gasteiger partial charge is 0.243 e. The van der Waals surface area contributed by atoms with E-state index in [1.54, 1.807) is 0 Å². The minimum Gasteiger partial charge on any atom is -0.354 e. The molecule has 8 nitrogen and oxygen atoms in total. The quantitative estimate of drug-likeness (QED) is 0.199. The molecule has 10 heteroatoms. The zero-order valence-electron chi connectivity index (χ0n) is 14.1. The van der Waals surface area contributed by atoms with E-state index >= 15 is 0 Å². The van der Waals surface area contributed by atoms with Crippen molar-refractivity contribution in [2.24, 2.45) is 0 Å². The van der Waals surface area contributed by atoms with Gasteiger partial charge in [-0.15, -0.1) is 0 Å². The monoisotopic (exact) mass is 369 g/mol. The van der Waals surface area contributed by atoms with E-state index in [0.717, 1.165) is 24.2 Å². The van der Waals surface area contributed by atoms with Crippen LogP contribution in [0.3, 0.4) is 0 Å². The third-order valence-electron chi connectivity index (χ3n) is 3.11. The van der Waals surface area contributed by atoms with Gasteiger partial charge >= 0.3 is 0 Å². The SMILES string of the molecule is [B]SC[C@H](NC(=O)CCCC=O)C(=O)NCCNC(=O)CCCC=O. The Kier molecular flexibility index (Phi) is 14.5. The molecule has 0 saturated carbocycles. The van der Waals surface area contributed by atoms with Crippen LogP contribution in [0, 0.1) is 0 Å². The maximum atomic E-state index is 12.1. The normalized spacial score (nSPS) is 11.2. The Morgan fingerprint density at radius 2 is 1.48 bits per heavy atom. The van der Waals surface area contributed by atoms with E-state index in [9.17, 15) is 24.0 Å². The number of nitrogens with one attached hydrogen (secondary N) is 3. The Labute approximate surface area is 152 Å². The van der Waals surface area contributed by atoms with Crippen LogP contribution in [-0.2, 0) is 24.0 Å². The number of carbonyl (C=O) groups is 5. The average Bonchev–Trinajstić information content (AvgIpc) is 2.58. The lowest BCUT2D eigenvalue weighted by Crippen LogP contribution is -2.49. The highest BCUT2D eigenvalue weighted by Crippen LogP contribution is 1.99. The molecule has 0 bridgehead atoms. The predicted octanol–water partition coefficient (Wildman–Crippen LogP) is -0.741. The summed E-state index contributed by atoms with van der Waals surface area (Å²) in [6, 6.07) is -0.776. The summed E-state index contributed by atoms with van der Waals surface area (Å²) in [6.07, 6.45) is 3.47. The van der Waals surface area contributed by atoms with Gasteiger partial charge in [0.1, 0.15) is 18.6 Å². The molecule has 1 atom stereocenters. The predicted molar refractivity (Wildman–Crippen MR) is 96.0 cm³/mol. The van der Waals surface area contributed by atoms with E-state index < -0.39 is 11.9 Å². The lowest BCUT2D eigenvalue weighted by atomic mass is 10.2. The Bertz CT molecular complexity index is 451. The Morgan fingerprint density at radius 1 is 0.920 bits per heavy atom. The molecule has 0 saturated heterocycles. The number of aldehydes is 2. The minimum absolute atomic E-state index is 0.161. The summed E-state index contributed by atoms with van der Waals surface area (Å²) in [5.41, 5.74) is 0. The summed E-state index contributed by atoms with van der Waals surface area (Å²) in [4.78, 5) is 55.6. The average molecular weight is 369 g/mol. The Morgan fingerprint density at radius 3 is 2.04 bits per heavy atom. The largest absolute Gasteiger partial charge is 0.354 e. The molecule has 0 fully saturated rings. The summed E-state index contributed by atoms with van der Waals surface area (Å²) in [6.45, 7) is 0.465. The van der Waals surface area contributed by atoms with Gasteiger partial charge in [0.05, 0.1) is 0 Å². The van der Waals surface area contributed by atoms with Crippen molar-refractivity contribution in [3.05, 3.63) is 0 Å². The van der Waals surface area contributed by atoms with Crippen LogP contribution in [0.2, 0.25) is 0 Å². The van der Waals surface area contributed by atoms with Crippen LogP contribution >= 0.6 is 11.6 Å². The second-order valence-electron chi connectivity index (χ2n) is 5.21. The first-order valence-electron chi connectivity index (χ1n) is 8.07. The summed E-state index contributed by atoms with van der Waals surface area (Å²) in [5.74, 6) is -0.686. The van der Waals surface area contributed by atoms with Gasteiger partial charge in [0.2, 0.25) is 17.7 Å². The van der Waals surface area contributed by atoms with Gasteiger partial charge in [-0.1, -0.05) is 0 Å². The van der Waals surface area contributed by atoms with Crippen molar-refractivity contribution < 1.29 is 24.0 Å². The van der Waals surface area contributed by atoms with Crippen molar-refractivity contribution in [2.75, 3.05) is 18.8 Å². The lowest BCUT2D eigenvalue weighted by molar-refractivity contribution is -0.128. The number of unbranched alkanes of at least 4 members (excludes halogenated alkanes) is 2. The molecule has 0 aromatic heterocycles. The van der Waals surface area contributed by atoms with Crippen LogP contribution in [0.25, 0.3) is 0 Å². The van der Waals surface area contributed by atoms with Crippen molar-refractivity contribution >= 4 is 49.0 Å². The summed E-state index contributed by atoms with van der Waals surface area (Å²) in [5, 5.41) is 7.81. The van der Waals surface area contributed by atoms with Crippen LogP contribution in [0.1, 0.15) is 38.5 Å². The van der Waals surface area contributed by atoms with E-state index in [-0.39, 0.29) is 43.5 Å². The standard InChI is InChI=1S/C15H24BN3O5S/c16-25-11-12(19-14(23)6-2-4-10-21)15(24)18-8-7-17-13(22)5-1-3-9-20/h9-10,12H,1-8,11H2,(H,17,22)(H,18,24)(H,19,23)/t12-/m0/s1. The third-order valence-corrected chi connectivity index (χ3v) is 3.64. The summed E-state index contributed by atoms with van der Waals surface area (Å²) in [7, 11) is 5.37. The van der Waals surface area contributed by atoms with Crippen LogP contribution in [0.5, 0.6) is 0 Å². The number of hydrogen-bond donors (Lipinski definition) is 3. The van der Waals surface area contributed by atoms with Gasteiger partial charge in [0.25, 0.3) is 0 Å². The van der Waals surface area contributed by atoms with E-state index in [1.807, 2.05) is 0 Å². The number of rotatable bonds is 15. The van der Waals surface area contributed by atoms with Crippen LogP contribution in [0.4, 0.5) is 0 Å². The van der Waals surface area contributed by atoms with Crippen molar-refractivity contribution in [3.63, 3.8) is 0 Å². The summed E-state index contributed by atoms with van der Waals surface area (Å²) < 4.78 is 0. The molecule has 0 unspecified atom stereocenters. The molecule has 0 aromatic carbocycles. The van der Waals surface area contributed by atoms with Crippen molar-refractivity contribution in [3.8, 4) is 0 Å². The Hall–Kier alpha value is -1.84.